The number of nitrogens with one attached hydrogen (secondary N) is 1. The van der Waals surface area contributed by atoms with Crippen LogP contribution in [-0.2, 0) is 17.9 Å². The molecule has 2 heterocycles. The highest BCUT2D eigenvalue weighted by Gasteiger charge is 2.21. The van der Waals surface area contributed by atoms with Crippen LogP contribution in [0, 0.1) is 6.92 Å². The van der Waals surface area contributed by atoms with Gasteiger partial charge in [0.2, 0.25) is 17.7 Å². The number of rotatable bonds is 7. The van der Waals surface area contributed by atoms with Crippen molar-refractivity contribution in [1.82, 2.24) is 25.3 Å². The fraction of sp³-hybridized carbons (Fsp3) is 0.348. The molecule has 1 aromatic heterocycles. The van der Waals surface area contributed by atoms with E-state index in [4.69, 9.17) is 4.42 Å². The molecule has 30 heavy (non-hydrogen) atoms. The predicted octanol–water partition coefficient (Wildman–Crippen LogP) is 2.48. The second kappa shape index (κ2) is 9.65. The van der Waals surface area contributed by atoms with Crippen LogP contribution in [0.1, 0.15) is 17.0 Å². The fourth-order valence-electron chi connectivity index (χ4n) is 3.48. The first-order valence-electron chi connectivity index (χ1n) is 10.3. The Balaban J connectivity index is 1.20. The highest BCUT2D eigenvalue weighted by Crippen LogP contribution is 2.19. The van der Waals surface area contributed by atoms with Crippen molar-refractivity contribution in [2.45, 2.75) is 20.0 Å². The summed E-state index contributed by atoms with van der Waals surface area (Å²) in [7, 11) is 0. The van der Waals surface area contributed by atoms with Crippen LogP contribution in [0.2, 0.25) is 0 Å². The maximum absolute atomic E-state index is 12.2. The molecular weight excluding hydrogens is 378 g/mol. The average molecular weight is 406 g/mol. The molecule has 3 aromatic rings. The van der Waals surface area contributed by atoms with Crippen molar-refractivity contribution in [3.63, 3.8) is 0 Å². The van der Waals surface area contributed by atoms with E-state index in [0.29, 0.717) is 31.4 Å². The van der Waals surface area contributed by atoms with E-state index in [2.05, 4.69) is 32.2 Å². The van der Waals surface area contributed by atoms with Gasteiger partial charge in [0.1, 0.15) is 0 Å². The van der Waals surface area contributed by atoms with Crippen LogP contribution in [0.3, 0.4) is 0 Å². The molecule has 1 aliphatic heterocycles. The van der Waals surface area contributed by atoms with Crippen molar-refractivity contribution in [3.8, 4) is 11.5 Å². The van der Waals surface area contributed by atoms with Gasteiger partial charge in [-0.1, -0.05) is 48.0 Å². The maximum Gasteiger partial charge on any atom is 0.247 e. The molecule has 4 rings (SSSR count). The normalized spacial score (nSPS) is 15.2. The second-order valence-corrected chi connectivity index (χ2v) is 7.68. The first kappa shape index (κ1) is 20.3. The second-order valence-electron chi connectivity index (χ2n) is 7.68. The van der Waals surface area contributed by atoms with Crippen molar-refractivity contribution in [2.75, 3.05) is 32.7 Å². The van der Waals surface area contributed by atoms with E-state index in [0.717, 1.165) is 37.3 Å². The van der Waals surface area contributed by atoms with Crippen molar-refractivity contribution >= 4 is 5.91 Å². The minimum atomic E-state index is 0.0620. The summed E-state index contributed by atoms with van der Waals surface area (Å²) in [5, 5.41) is 11.4. The molecule has 156 valence electrons. The molecule has 1 fully saturated rings. The number of benzene rings is 2. The highest BCUT2D eigenvalue weighted by molar-refractivity contribution is 5.78. The molecule has 0 bridgehead atoms. The summed E-state index contributed by atoms with van der Waals surface area (Å²) in [5.74, 6) is 1.24. The SMILES string of the molecule is Cc1ccc(-c2nnc(CN3CCN(CC(=O)NCc4ccccc4)CC3)o2)cc1. The van der Waals surface area contributed by atoms with Crippen LogP contribution < -0.4 is 5.32 Å². The monoisotopic (exact) mass is 405 g/mol. The molecule has 2 aromatic carbocycles. The Morgan fingerprint density at radius 1 is 0.967 bits per heavy atom. The van der Waals surface area contributed by atoms with E-state index >= 15 is 0 Å². The van der Waals surface area contributed by atoms with E-state index in [9.17, 15) is 4.79 Å². The number of aromatic nitrogens is 2. The number of aryl methyl sites for hydroxylation is 1. The summed E-state index contributed by atoms with van der Waals surface area (Å²) < 4.78 is 5.84. The van der Waals surface area contributed by atoms with Gasteiger partial charge < -0.3 is 9.73 Å². The lowest BCUT2D eigenvalue weighted by Gasteiger charge is -2.33. The minimum Gasteiger partial charge on any atom is -0.419 e. The summed E-state index contributed by atoms with van der Waals surface area (Å²) in [6, 6.07) is 18.0. The van der Waals surface area contributed by atoms with Gasteiger partial charge in [-0.3, -0.25) is 14.6 Å². The van der Waals surface area contributed by atoms with Crippen LogP contribution in [0.15, 0.2) is 59.0 Å². The number of piperazine rings is 1. The molecular formula is C23H27N5O2. The summed E-state index contributed by atoms with van der Waals surface area (Å²) in [6.07, 6.45) is 0. The number of carbonyl (C=O) groups is 1. The van der Waals surface area contributed by atoms with Crippen LogP contribution in [0.5, 0.6) is 0 Å². The maximum atomic E-state index is 12.2. The zero-order valence-corrected chi connectivity index (χ0v) is 17.3. The lowest BCUT2D eigenvalue weighted by molar-refractivity contribution is -0.122. The Kier molecular flexibility index (Phi) is 6.51. The standard InChI is InChI=1S/C23H27N5O2/c1-18-7-9-20(10-8-18)23-26-25-22(30-23)17-28-13-11-27(12-14-28)16-21(29)24-15-19-5-3-2-4-6-19/h2-10H,11-17H2,1H3,(H,24,29). The molecule has 0 unspecified atom stereocenters. The van der Waals surface area contributed by atoms with E-state index in [-0.39, 0.29) is 5.91 Å². The molecule has 7 heteroatoms. The lowest BCUT2D eigenvalue weighted by Crippen LogP contribution is -2.49. The lowest BCUT2D eigenvalue weighted by atomic mass is 10.1. The van der Waals surface area contributed by atoms with Gasteiger partial charge >= 0.3 is 0 Å². The van der Waals surface area contributed by atoms with Gasteiger partial charge in [0, 0.05) is 38.3 Å². The largest absolute Gasteiger partial charge is 0.419 e. The number of hydrogen-bond acceptors (Lipinski definition) is 6. The van der Waals surface area contributed by atoms with Gasteiger partial charge in [-0.25, -0.2) is 0 Å². The van der Waals surface area contributed by atoms with Crippen LogP contribution in [-0.4, -0.2) is 58.6 Å². The first-order valence-corrected chi connectivity index (χ1v) is 10.3. The fourth-order valence-corrected chi connectivity index (χ4v) is 3.48. The van der Waals surface area contributed by atoms with Crippen molar-refractivity contribution in [3.05, 3.63) is 71.6 Å². The quantitative estimate of drug-likeness (QED) is 0.651. The summed E-state index contributed by atoms with van der Waals surface area (Å²) in [6.45, 7) is 7.11. The Labute approximate surface area is 176 Å². The van der Waals surface area contributed by atoms with Gasteiger partial charge in [-0.15, -0.1) is 10.2 Å². The molecule has 1 amide bonds. The molecule has 0 saturated carbocycles. The van der Waals surface area contributed by atoms with Crippen LogP contribution in [0.25, 0.3) is 11.5 Å². The van der Waals surface area contributed by atoms with Gasteiger partial charge in [0.05, 0.1) is 13.1 Å². The molecule has 0 radical (unpaired) electrons. The van der Waals surface area contributed by atoms with Gasteiger partial charge in [-0.05, 0) is 24.6 Å². The van der Waals surface area contributed by atoms with Crippen molar-refractivity contribution in [2.24, 2.45) is 0 Å². The Hall–Kier alpha value is -3.03. The molecule has 1 aliphatic rings. The van der Waals surface area contributed by atoms with Crippen molar-refractivity contribution in [1.29, 1.82) is 0 Å². The molecule has 1 saturated heterocycles. The third kappa shape index (κ3) is 5.52. The summed E-state index contributed by atoms with van der Waals surface area (Å²) >= 11 is 0. The molecule has 0 spiro atoms. The molecule has 0 atom stereocenters. The van der Waals surface area contributed by atoms with Crippen LogP contribution in [0.4, 0.5) is 0 Å². The van der Waals surface area contributed by atoms with Crippen molar-refractivity contribution < 1.29 is 9.21 Å². The molecule has 1 N–H and O–H groups in total. The minimum absolute atomic E-state index is 0.0620. The third-order valence-electron chi connectivity index (χ3n) is 5.29. The van der Waals surface area contributed by atoms with Gasteiger partial charge in [0.15, 0.2) is 0 Å². The number of carbonyl (C=O) groups excluding carboxylic acids is 1. The first-order chi connectivity index (χ1) is 14.7. The zero-order valence-electron chi connectivity index (χ0n) is 17.3. The zero-order chi connectivity index (χ0) is 20.8. The average Bonchev–Trinajstić information content (AvgIpc) is 3.23. The third-order valence-corrected chi connectivity index (χ3v) is 5.29. The van der Waals surface area contributed by atoms with E-state index in [1.54, 1.807) is 0 Å². The van der Waals surface area contributed by atoms with E-state index in [1.807, 2.05) is 54.6 Å². The Bertz CT molecular complexity index is 947. The Morgan fingerprint density at radius 3 is 2.40 bits per heavy atom. The summed E-state index contributed by atoms with van der Waals surface area (Å²) in [4.78, 5) is 16.7. The molecule has 0 aliphatic carbocycles. The van der Waals surface area contributed by atoms with E-state index < -0.39 is 0 Å². The smallest absolute Gasteiger partial charge is 0.247 e. The Morgan fingerprint density at radius 2 is 1.67 bits per heavy atom. The topological polar surface area (TPSA) is 74.5 Å². The number of hydrogen-bond donors (Lipinski definition) is 1. The number of nitrogens with zero attached hydrogens (tertiary/aromatic N) is 4. The van der Waals surface area contributed by atoms with E-state index in [1.165, 1.54) is 5.56 Å². The predicted molar refractivity (Wildman–Crippen MR) is 114 cm³/mol. The van der Waals surface area contributed by atoms with Crippen LogP contribution >= 0.6 is 0 Å². The molecule has 7 nitrogen and oxygen atoms in total. The van der Waals surface area contributed by atoms with Gasteiger partial charge in [-0.2, -0.15) is 0 Å². The summed E-state index contributed by atoms with van der Waals surface area (Å²) in [5.41, 5.74) is 3.25. The highest BCUT2D eigenvalue weighted by atomic mass is 16.4. The number of amides is 1. The van der Waals surface area contributed by atoms with Gasteiger partial charge in [0.25, 0.3) is 0 Å².